The number of carbonyl (C=O) groups is 2. The maximum Gasteiger partial charge on any atom is 0.329 e. The lowest BCUT2D eigenvalue weighted by molar-refractivity contribution is -0.144. The third-order valence-electron chi connectivity index (χ3n) is 2.78. The molecule has 0 saturated carbocycles. The summed E-state index contributed by atoms with van der Waals surface area (Å²) in [6.07, 6.45) is 1.76. The van der Waals surface area contributed by atoms with Crippen LogP contribution in [0.15, 0.2) is 21.6 Å². The zero-order chi connectivity index (χ0) is 15.6. The van der Waals surface area contributed by atoms with Gasteiger partial charge < -0.3 is 14.8 Å². The lowest BCUT2D eigenvalue weighted by atomic mass is 9.96. The Kier molecular flexibility index (Phi) is 4.59. The molecule has 1 unspecified atom stereocenters. The van der Waals surface area contributed by atoms with Crippen molar-refractivity contribution < 1.29 is 27.5 Å². The number of aliphatic carboxylic acids is 1. The van der Waals surface area contributed by atoms with E-state index in [-0.39, 0.29) is 17.3 Å². The molecule has 0 aliphatic carbocycles. The SMILES string of the molecule is CCCC(C)(NC(=O)c1ccc(S(C)(=O)=O)o1)C(=O)O. The predicted molar refractivity (Wildman–Crippen MR) is 70.2 cm³/mol. The first kappa shape index (κ1) is 16.2. The summed E-state index contributed by atoms with van der Waals surface area (Å²) in [7, 11) is -3.55. The van der Waals surface area contributed by atoms with Crippen molar-refractivity contribution >= 4 is 21.7 Å². The van der Waals surface area contributed by atoms with E-state index in [0.717, 1.165) is 12.3 Å². The van der Waals surface area contributed by atoms with Gasteiger partial charge in [0, 0.05) is 6.26 Å². The molecule has 0 spiro atoms. The fourth-order valence-electron chi connectivity index (χ4n) is 1.68. The maximum atomic E-state index is 11.9. The van der Waals surface area contributed by atoms with Crippen LogP contribution >= 0.6 is 0 Å². The molecule has 1 atom stereocenters. The molecule has 1 heterocycles. The second kappa shape index (κ2) is 5.66. The predicted octanol–water partition coefficient (Wildman–Crippen LogP) is 1.06. The standard InChI is InChI=1S/C12H17NO6S/c1-4-7-12(2,11(15)16)13-10(14)8-5-6-9(19-8)20(3,17)18/h5-6H,4,7H2,1-3H3,(H,13,14)(H,15,16). The van der Waals surface area contributed by atoms with Gasteiger partial charge in [-0.05, 0) is 25.5 Å². The lowest BCUT2D eigenvalue weighted by Gasteiger charge is -2.25. The zero-order valence-electron chi connectivity index (χ0n) is 11.5. The van der Waals surface area contributed by atoms with Gasteiger partial charge in [-0.25, -0.2) is 13.2 Å². The maximum absolute atomic E-state index is 11.9. The molecule has 0 bridgehead atoms. The minimum atomic E-state index is -3.55. The van der Waals surface area contributed by atoms with Gasteiger partial charge in [-0.2, -0.15) is 0 Å². The van der Waals surface area contributed by atoms with Crippen molar-refractivity contribution in [2.75, 3.05) is 6.26 Å². The number of carboxylic acid groups (broad SMARTS) is 1. The van der Waals surface area contributed by atoms with Crippen LogP contribution in [0, 0.1) is 0 Å². The molecule has 20 heavy (non-hydrogen) atoms. The van der Waals surface area contributed by atoms with E-state index in [9.17, 15) is 18.0 Å². The van der Waals surface area contributed by atoms with Gasteiger partial charge in [-0.3, -0.25) is 4.79 Å². The van der Waals surface area contributed by atoms with Crippen molar-refractivity contribution in [3.63, 3.8) is 0 Å². The first-order valence-corrected chi connectivity index (χ1v) is 7.85. The van der Waals surface area contributed by atoms with Gasteiger partial charge in [0.1, 0.15) is 5.54 Å². The van der Waals surface area contributed by atoms with Gasteiger partial charge >= 0.3 is 5.97 Å². The molecule has 0 fully saturated rings. The highest BCUT2D eigenvalue weighted by atomic mass is 32.2. The third-order valence-corrected chi connectivity index (χ3v) is 3.73. The smallest absolute Gasteiger partial charge is 0.329 e. The van der Waals surface area contributed by atoms with Crippen molar-refractivity contribution in [1.82, 2.24) is 5.32 Å². The van der Waals surface area contributed by atoms with Gasteiger partial charge in [0.15, 0.2) is 5.76 Å². The van der Waals surface area contributed by atoms with Crippen LogP contribution in [0.25, 0.3) is 0 Å². The highest BCUT2D eigenvalue weighted by Gasteiger charge is 2.35. The number of amides is 1. The fraction of sp³-hybridized carbons (Fsp3) is 0.500. The van der Waals surface area contributed by atoms with Crippen LogP contribution in [0.2, 0.25) is 0 Å². The lowest BCUT2D eigenvalue weighted by Crippen LogP contribution is -2.52. The monoisotopic (exact) mass is 303 g/mol. The summed E-state index contributed by atoms with van der Waals surface area (Å²) in [6, 6.07) is 2.35. The first-order chi connectivity index (χ1) is 9.10. The van der Waals surface area contributed by atoms with Gasteiger partial charge in [0.2, 0.25) is 14.9 Å². The molecule has 0 aliphatic rings. The first-order valence-electron chi connectivity index (χ1n) is 5.96. The van der Waals surface area contributed by atoms with Gasteiger partial charge in [-0.1, -0.05) is 13.3 Å². The van der Waals surface area contributed by atoms with E-state index >= 15 is 0 Å². The molecule has 7 nitrogen and oxygen atoms in total. The van der Waals surface area contributed by atoms with E-state index in [1.54, 1.807) is 6.92 Å². The Balaban J connectivity index is 2.96. The van der Waals surface area contributed by atoms with Crippen LogP contribution in [0.4, 0.5) is 0 Å². The second-order valence-corrected chi connectivity index (χ2v) is 6.68. The molecule has 0 saturated heterocycles. The van der Waals surface area contributed by atoms with E-state index in [1.165, 1.54) is 13.0 Å². The Labute approximate surface area is 116 Å². The Bertz CT molecular complexity index is 618. The number of hydrogen-bond acceptors (Lipinski definition) is 5. The van der Waals surface area contributed by atoms with E-state index in [4.69, 9.17) is 9.52 Å². The number of sulfone groups is 1. The summed E-state index contributed by atoms with van der Waals surface area (Å²) in [5.41, 5.74) is -1.43. The minimum absolute atomic E-state index is 0.242. The molecule has 2 N–H and O–H groups in total. The summed E-state index contributed by atoms with van der Waals surface area (Å²) in [5.74, 6) is -2.17. The van der Waals surface area contributed by atoms with Crippen molar-refractivity contribution in [2.45, 2.75) is 37.3 Å². The molecule has 8 heteroatoms. The number of carboxylic acids is 1. The average molecular weight is 303 g/mol. The molecule has 1 rings (SSSR count). The Morgan fingerprint density at radius 3 is 2.40 bits per heavy atom. The van der Waals surface area contributed by atoms with Crippen LogP contribution in [0.5, 0.6) is 0 Å². The zero-order valence-corrected chi connectivity index (χ0v) is 12.3. The summed E-state index contributed by atoms with van der Waals surface area (Å²) >= 11 is 0. The fourth-order valence-corrected chi connectivity index (χ4v) is 2.23. The van der Waals surface area contributed by atoms with Gasteiger partial charge in [0.05, 0.1) is 0 Å². The minimum Gasteiger partial charge on any atom is -0.480 e. The van der Waals surface area contributed by atoms with Crippen LogP contribution < -0.4 is 5.32 Å². The van der Waals surface area contributed by atoms with Crippen molar-refractivity contribution in [3.05, 3.63) is 17.9 Å². The van der Waals surface area contributed by atoms with Gasteiger partial charge in [-0.15, -0.1) is 0 Å². The van der Waals surface area contributed by atoms with Crippen molar-refractivity contribution in [3.8, 4) is 0 Å². The second-order valence-electron chi connectivity index (χ2n) is 4.73. The molecule has 0 radical (unpaired) electrons. The van der Waals surface area contributed by atoms with Crippen LogP contribution in [0.3, 0.4) is 0 Å². The average Bonchev–Trinajstić information content (AvgIpc) is 2.77. The summed E-state index contributed by atoms with van der Waals surface area (Å²) in [6.45, 7) is 3.18. The van der Waals surface area contributed by atoms with E-state index in [0.29, 0.717) is 6.42 Å². The summed E-state index contributed by atoms with van der Waals surface area (Å²) < 4.78 is 27.4. The van der Waals surface area contributed by atoms with Crippen LogP contribution in [-0.2, 0) is 14.6 Å². The molecule has 112 valence electrons. The topological polar surface area (TPSA) is 114 Å². The molecular formula is C12H17NO6S. The largest absolute Gasteiger partial charge is 0.480 e. The number of rotatable bonds is 6. The third kappa shape index (κ3) is 3.60. The molecule has 1 aromatic rings. The van der Waals surface area contributed by atoms with Crippen molar-refractivity contribution in [2.24, 2.45) is 0 Å². The van der Waals surface area contributed by atoms with Crippen molar-refractivity contribution in [1.29, 1.82) is 0 Å². The Hall–Kier alpha value is -1.83. The normalized spacial score (nSPS) is 14.6. The van der Waals surface area contributed by atoms with Gasteiger partial charge in [0.25, 0.3) is 5.91 Å². The van der Waals surface area contributed by atoms with Crippen LogP contribution in [-0.4, -0.2) is 37.2 Å². The van der Waals surface area contributed by atoms with E-state index in [2.05, 4.69) is 5.32 Å². The number of furan rings is 1. The Morgan fingerprint density at radius 1 is 1.40 bits per heavy atom. The molecule has 0 aliphatic heterocycles. The summed E-state index contributed by atoms with van der Waals surface area (Å²) in [4.78, 5) is 23.1. The molecular weight excluding hydrogens is 286 g/mol. The molecule has 1 aromatic heterocycles. The summed E-state index contributed by atoms with van der Waals surface area (Å²) in [5, 5.41) is 11.2. The quantitative estimate of drug-likeness (QED) is 0.812. The number of carbonyl (C=O) groups excluding carboxylic acids is 1. The Morgan fingerprint density at radius 2 is 2.00 bits per heavy atom. The number of nitrogens with one attached hydrogen (secondary N) is 1. The number of hydrogen-bond donors (Lipinski definition) is 2. The molecule has 0 aromatic carbocycles. The van der Waals surface area contributed by atoms with E-state index in [1.807, 2.05) is 0 Å². The highest BCUT2D eigenvalue weighted by molar-refractivity contribution is 7.90. The van der Waals surface area contributed by atoms with Crippen LogP contribution in [0.1, 0.15) is 37.2 Å². The van der Waals surface area contributed by atoms with E-state index < -0.39 is 27.3 Å². The highest BCUT2D eigenvalue weighted by Crippen LogP contribution is 2.17. The molecule has 1 amide bonds.